The maximum absolute atomic E-state index is 12.7. The van der Waals surface area contributed by atoms with Gasteiger partial charge in [0.15, 0.2) is 5.88 Å². The van der Waals surface area contributed by atoms with Gasteiger partial charge in [0.1, 0.15) is 0 Å². The fraction of sp³-hybridized carbons (Fsp3) is 0.0400. The van der Waals surface area contributed by atoms with Crippen LogP contribution < -0.4 is 10.4 Å². The Hall–Kier alpha value is -4.13. The van der Waals surface area contributed by atoms with Crippen LogP contribution in [0.3, 0.4) is 0 Å². The van der Waals surface area contributed by atoms with E-state index >= 15 is 0 Å². The Labute approximate surface area is 180 Å². The zero-order valence-electron chi connectivity index (χ0n) is 16.6. The zero-order valence-corrected chi connectivity index (χ0v) is 16.6. The SMILES string of the molecule is Oc1[nH]c2ccccc2c1C=c1ccc2c(c1)N=NC=2/C=C/c1ccc(C(F)(F)F)cc1. The molecule has 4 nitrogen and oxygen atoms in total. The number of hydrogen-bond acceptors (Lipinski definition) is 3. The van der Waals surface area contributed by atoms with Crippen LogP contribution in [0.4, 0.5) is 18.9 Å². The average molecular weight is 431 g/mol. The largest absolute Gasteiger partial charge is 0.494 e. The number of aromatic hydroxyl groups is 1. The Morgan fingerprint density at radius 3 is 2.44 bits per heavy atom. The first-order valence-electron chi connectivity index (χ1n) is 9.81. The highest BCUT2D eigenvalue weighted by molar-refractivity contribution is 5.91. The molecule has 158 valence electrons. The van der Waals surface area contributed by atoms with Crippen LogP contribution in [0.25, 0.3) is 28.8 Å². The number of fused-ring (bicyclic) bond motifs is 2. The second-order valence-electron chi connectivity index (χ2n) is 7.39. The van der Waals surface area contributed by atoms with Crippen molar-refractivity contribution in [1.82, 2.24) is 4.98 Å². The van der Waals surface area contributed by atoms with Crippen LogP contribution in [0.5, 0.6) is 5.88 Å². The van der Waals surface area contributed by atoms with Gasteiger partial charge in [-0.3, -0.25) is 0 Å². The summed E-state index contributed by atoms with van der Waals surface area (Å²) in [5, 5.41) is 21.3. The van der Waals surface area contributed by atoms with Gasteiger partial charge in [0.05, 0.1) is 16.9 Å². The molecule has 0 unspecified atom stereocenters. The second-order valence-corrected chi connectivity index (χ2v) is 7.39. The normalized spacial score (nSPS) is 14.1. The van der Waals surface area contributed by atoms with Crippen LogP contribution in [0.2, 0.25) is 0 Å². The number of H-pyrrole nitrogens is 1. The van der Waals surface area contributed by atoms with Gasteiger partial charge in [-0.1, -0.05) is 42.5 Å². The summed E-state index contributed by atoms with van der Waals surface area (Å²) in [5.41, 5.74) is 2.81. The van der Waals surface area contributed by atoms with Crippen molar-refractivity contribution in [3.05, 3.63) is 99.9 Å². The summed E-state index contributed by atoms with van der Waals surface area (Å²) >= 11 is 0. The molecule has 0 amide bonds. The van der Waals surface area contributed by atoms with Gasteiger partial charge in [-0.05, 0) is 53.3 Å². The number of nitrogens with one attached hydrogen (secondary N) is 1. The molecule has 0 bridgehead atoms. The quantitative estimate of drug-likeness (QED) is 0.433. The third-order valence-corrected chi connectivity index (χ3v) is 5.27. The molecule has 32 heavy (non-hydrogen) atoms. The summed E-state index contributed by atoms with van der Waals surface area (Å²) in [6, 6.07) is 18.2. The van der Waals surface area contributed by atoms with E-state index in [9.17, 15) is 18.3 Å². The minimum absolute atomic E-state index is 0.0973. The number of aromatic nitrogens is 1. The molecule has 5 rings (SSSR count). The predicted molar refractivity (Wildman–Crippen MR) is 118 cm³/mol. The van der Waals surface area contributed by atoms with Gasteiger partial charge >= 0.3 is 6.18 Å². The topological polar surface area (TPSA) is 60.7 Å². The van der Waals surface area contributed by atoms with Crippen LogP contribution >= 0.6 is 0 Å². The van der Waals surface area contributed by atoms with Crippen LogP contribution in [0.1, 0.15) is 16.7 Å². The number of alkyl halides is 3. The highest BCUT2D eigenvalue weighted by Gasteiger charge is 2.29. The first-order valence-corrected chi connectivity index (χ1v) is 9.81. The van der Waals surface area contributed by atoms with Gasteiger partial charge in [0.2, 0.25) is 0 Å². The Kier molecular flexibility index (Phi) is 4.66. The van der Waals surface area contributed by atoms with Crippen LogP contribution in [0.15, 0.2) is 83.0 Å². The summed E-state index contributed by atoms with van der Waals surface area (Å²) in [5.74, 6) is 0.0973. The number of para-hydroxylation sites is 1. The first-order chi connectivity index (χ1) is 15.4. The molecule has 1 aliphatic heterocycles. The fourth-order valence-electron chi connectivity index (χ4n) is 3.64. The monoisotopic (exact) mass is 431 g/mol. The minimum Gasteiger partial charge on any atom is -0.494 e. The number of nitrogens with zero attached hydrogens (tertiary/aromatic N) is 2. The summed E-state index contributed by atoms with van der Waals surface area (Å²) in [7, 11) is 0. The highest BCUT2D eigenvalue weighted by atomic mass is 19.4. The van der Waals surface area contributed by atoms with Crippen molar-refractivity contribution in [3.8, 4) is 5.88 Å². The maximum Gasteiger partial charge on any atom is 0.416 e. The van der Waals surface area contributed by atoms with E-state index in [1.54, 1.807) is 12.2 Å². The lowest BCUT2D eigenvalue weighted by Gasteiger charge is -2.05. The van der Waals surface area contributed by atoms with Crippen molar-refractivity contribution in [2.45, 2.75) is 6.18 Å². The Morgan fingerprint density at radius 1 is 0.875 bits per heavy atom. The van der Waals surface area contributed by atoms with Crippen molar-refractivity contribution < 1.29 is 18.3 Å². The van der Waals surface area contributed by atoms with E-state index in [1.165, 1.54) is 12.1 Å². The van der Waals surface area contributed by atoms with Crippen molar-refractivity contribution in [3.63, 3.8) is 0 Å². The number of halogens is 3. The molecule has 0 spiro atoms. The minimum atomic E-state index is -4.35. The Balaban J connectivity index is 1.47. The number of aromatic amines is 1. The van der Waals surface area contributed by atoms with Gasteiger partial charge in [-0.2, -0.15) is 13.2 Å². The smallest absolute Gasteiger partial charge is 0.416 e. The van der Waals surface area contributed by atoms with Crippen LogP contribution in [0, 0.1) is 0 Å². The van der Waals surface area contributed by atoms with E-state index in [0.29, 0.717) is 22.5 Å². The van der Waals surface area contributed by atoms with Crippen LogP contribution in [-0.4, -0.2) is 10.1 Å². The van der Waals surface area contributed by atoms with E-state index in [-0.39, 0.29) is 5.88 Å². The van der Waals surface area contributed by atoms with E-state index < -0.39 is 11.7 Å². The maximum atomic E-state index is 12.7. The fourth-order valence-corrected chi connectivity index (χ4v) is 3.64. The van der Waals surface area contributed by atoms with E-state index in [0.717, 1.165) is 33.5 Å². The van der Waals surface area contributed by atoms with Gasteiger partial charge in [0.25, 0.3) is 0 Å². The molecule has 0 atom stereocenters. The summed E-state index contributed by atoms with van der Waals surface area (Å²) in [4.78, 5) is 2.96. The molecule has 7 heteroatoms. The van der Waals surface area contributed by atoms with E-state index in [2.05, 4.69) is 15.2 Å². The van der Waals surface area contributed by atoms with E-state index in [4.69, 9.17) is 0 Å². The van der Waals surface area contributed by atoms with Gasteiger partial charge < -0.3 is 10.1 Å². The number of azo groups is 1. The highest BCUT2D eigenvalue weighted by Crippen LogP contribution is 2.30. The molecule has 0 fully saturated rings. The van der Waals surface area contributed by atoms with Gasteiger partial charge in [-0.25, -0.2) is 0 Å². The lowest BCUT2D eigenvalue weighted by atomic mass is 10.1. The third kappa shape index (κ3) is 3.69. The molecular formula is C25H16F3N3O. The number of benzene rings is 3. The summed E-state index contributed by atoms with van der Waals surface area (Å²) in [6.45, 7) is 0. The average Bonchev–Trinajstić information content (AvgIpc) is 3.32. The molecule has 1 aliphatic rings. The first kappa shape index (κ1) is 19.8. The lowest BCUT2D eigenvalue weighted by molar-refractivity contribution is -0.137. The molecule has 0 radical (unpaired) electrons. The Bertz CT molecular complexity index is 1510. The molecule has 3 aromatic carbocycles. The molecule has 2 N–H and O–H groups in total. The number of hydrogen-bond donors (Lipinski definition) is 2. The van der Waals surface area contributed by atoms with Crippen LogP contribution in [-0.2, 0) is 6.18 Å². The van der Waals surface area contributed by atoms with Crippen molar-refractivity contribution >= 4 is 34.4 Å². The molecule has 0 saturated carbocycles. The predicted octanol–water partition coefficient (Wildman–Crippen LogP) is 5.64. The van der Waals surface area contributed by atoms with Crippen molar-refractivity contribution in [2.75, 3.05) is 0 Å². The van der Waals surface area contributed by atoms with Crippen molar-refractivity contribution in [1.29, 1.82) is 0 Å². The Morgan fingerprint density at radius 2 is 1.66 bits per heavy atom. The summed E-state index contributed by atoms with van der Waals surface area (Å²) < 4.78 is 38.1. The zero-order chi connectivity index (χ0) is 22.3. The molecule has 2 heterocycles. The second kappa shape index (κ2) is 7.53. The molecule has 4 aromatic rings. The molecule has 1 aromatic heterocycles. The molecule has 0 aliphatic carbocycles. The number of rotatable bonds is 3. The van der Waals surface area contributed by atoms with Gasteiger partial charge in [-0.15, -0.1) is 10.2 Å². The molecular weight excluding hydrogens is 415 g/mol. The molecule has 0 saturated heterocycles. The lowest BCUT2D eigenvalue weighted by Crippen LogP contribution is -2.08. The third-order valence-electron chi connectivity index (χ3n) is 5.27. The standard InChI is InChI=1S/C25H16F3N3O/c26-25(27,28)17-9-5-15(6-10-17)8-12-22-19-11-7-16(14-23(19)31-30-22)13-20-18-3-1-2-4-21(18)29-24(20)32/h1-14,29,32H/b12-8+,16-13?. The van der Waals surface area contributed by atoms with Crippen molar-refractivity contribution in [2.24, 2.45) is 10.2 Å². The summed E-state index contributed by atoms with van der Waals surface area (Å²) in [6.07, 6.45) is 0.953. The van der Waals surface area contributed by atoms with Gasteiger partial charge in [0, 0.05) is 21.7 Å². The van der Waals surface area contributed by atoms with E-state index in [1.807, 2.05) is 48.5 Å².